The van der Waals surface area contributed by atoms with Crippen LogP contribution in [-0.4, -0.2) is 51.6 Å². The molecule has 116 valence electrons. The molecule has 0 spiro atoms. The second-order valence-electron chi connectivity index (χ2n) is 5.20. The summed E-state index contributed by atoms with van der Waals surface area (Å²) in [6.45, 7) is 7.83. The highest BCUT2D eigenvalue weighted by atomic mass is 32.1. The molecule has 1 saturated heterocycles. The van der Waals surface area contributed by atoms with Crippen LogP contribution in [0.2, 0.25) is 0 Å². The Kier molecular flexibility index (Phi) is 6.22. The van der Waals surface area contributed by atoms with Crippen molar-refractivity contribution in [2.75, 3.05) is 51.8 Å². The number of hydrogen-bond acceptors (Lipinski definition) is 3. The van der Waals surface area contributed by atoms with E-state index >= 15 is 0 Å². The molecular formula is C15H24N3O2S+. The van der Waals surface area contributed by atoms with Crippen molar-refractivity contribution in [2.24, 2.45) is 0 Å². The summed E-state index contributed by atoms with van der Waals surface area (Å²) < 4.78 is 10.7. The molecule has 21 heavy (non-hydrogen) atoms. The first-order valence-electron chi connectivity index (χ1n) is 7.30. The van der Waals surface area contributed by atoms with Crippen LogP contribution in [-0.2, 0) is 4.74 Å². The zero-order chi connectivity index (χ0) is 15.1. The van der Waals surface area contributed by atoms with Gasteiger partial charge < -0.3 is 25.0 Å². The lowest BCUT2D eigenvalue weighted by Gasteiger charge is -2.24. The first kappa shape index (κ1) is 16.0. The lowest BCUT2D eigenvalue weighted by Crippen LogP contribution is -3.14. The Hall–Kier alpha value is -1.37. The molecule has 1 aliphatic rings. The maximum Gasteiger partial charge on any atom is 0.171 e. The van der Waals surface area contributed by atoms with E-state index in [1.807, 2.05) is 25.1 Å². The van der Waals surface area contributed by atoms with Crippen LogP contribution in [0.25, 0.3) is 0 Å². The number of anilines is 1. The fourth-order valence-corrected chi connectivity index (χ4v) is 2.56. The number of ether oxygens (including phenoxy) is 2. The molecule has 1 heterocycles. The van der Waals surface area contributed by atoms with Gasteiger partial charge in [0.2, 0.25) is 0 Å². The predicted molar refractivity (Wildman–Crippen MR) is 88.3 cm³/mol. The summed E-state index contributed by atoms with van der Waals surface area (Å²) in [5.41, 5.74) is 2.06. The van der Waals surface area contributed by atoms with Crippen LogP contribution in [0, 0.1) is 6.92 Å². The van der Waals surface area contributed by atoms with Crippen LogP contribution in [0.1, 0.15) is 5.56 Å². The van der Waals surface area contributed by atoms with Crippen molar-refractivity contribution >= 4 is 23.0 Å². The molecule has 0 atom stereocenters. The molecule has 0 amide bonds. The number of aryl methyl sites for hydroxylation is 1. The molecule has 1 aromatic carbocycles. The first-order valence-corrected chi connectivity index (χ1v) is 7.70. The first-order chi connectivity index (χ1) is 10.2. The Balaban J connectivity index is 1.77. The van der Waals surface area contributed by atoms with E-state index < -0.39 is 0 Å². The van der Waals surface area contributed by atoms with Gasteiger partial charge in [-0.25, -0.2) is 0 Å². The third-order valence-electron chi connectivity index (χ3n) is 3.57. The Morgan fingerprint density at radius 2 is 2.14 bits per heavy atom. The van der Waals surface area contributed by atoms with E-state index in [1.165, 1.54) is 5.56 Å². The van der Waals surface area contributed by atoms with Crippen molar-refractivity contribution in [1.29, 1.82) is 0 Å². The standard InChI is InChI=1S/C15H23N3O2S/c1-12-3-4-14(19-2)13(11-12)17-15(21)16-5-6-18-7-9-20-10-8-18/h3-4,11H,5-10H2,1-2H3,(H2,16,17,21)/p+1. The third-order valence-corrected chi connectivity index (χ3v) is 3.81. The number of methoxy groups -OCH3 is 1. The van der Waals surface area contributed by atoms with Crippen LogP contribution in [0.4, 0.5) is 5.69 Å². The van der Waals surface area contributed by atoms with Gasteiger partial charge in [-0.2, -0.15) is 0 Å². The van der Waals surface area contributed by atoms with Gasteiger partial charge in [0.25, 0.3) is 0 Å². The zero-order valence-electron chi connectivity index (χ0n) is 12.7. The van der Waals surface area contributed by atoms with E-state index in [1.54, 1.807) is 12.0 Å². The SMILES string of the molecule is COc1ccc(C)cc1NC(=S)NCC[NH+]1CCOCC1. The number of quaternary nitrogens is 1. The average molecular weight is 310 g/mol. The van der Waals surface area contributed by atoms with E-state index in [-0.39, 0.29) is 0 Å². The van der Waals surface area contributed by atoms with Crippen LogP contribution in [0.15, 0.2) is 18.2 Å². The lowest BCUT2D eigenvalue weighted by molar-refractivity contribution is -0.906. The molecule has 1 aromatic rings. The average Bonchev–Trinajstić information content (AvgIpc) is 2.48. The highest BCUT2D eigenvalue weighted by Crippen LogP contribution is 2.24. The Labute approximate surface area is 131 Å². The van der Waals surface area contributed by atoms with Crippen LogP contribution >= 0.6 is 12.2 Å². The summed E-state index contributed by atoms with van der Waals surface area (Å²) in [6.07, 6.45) is 0. The summed E-state index contributed by atoms with van der Waals surface area (Å²) in [6, 6.07) is 5.99. The summed E-state index contributed by atoms with van der Waals surface area (Å²) >= 11 is 5.34. The lowest BCUT2D eigenvalue weighted by atomic mass is 10.2. The minimum atomic E-state index is 0.631. The second kappa shape index (κ2) is 8.17. The fourth-order valence-electron chi connectivity index (χ4n) is 2.35. The number of nitrogens with one attached hydrogen (secondary N) is 3. The van der Waals surface area contributed by atoms with Crippen LogP contribution < -0.4 is 20.3 Å². The maximum absolute atomic E-state index is 5.35. The highest BCUT2D eigenvalue weighted by molar-refractivity contribution is 7.80. The van der Waals surface area contributed by atoms with Crippen molar-refractivity contribution < 1.29 is 14.4 Å². The Morgan fingerprint density at radius 1 is 1.38 bits per heavy atom. The van der Waals surface area contributed by atoms with Crippen LogP contribution in [0.3, 0.4) is 0 Å². The van der Waals surface area contributed by atoms with Gasteiger partial charge in [-0.3, -0.25) is 0 Å². The van der Waals surface area contributed by atoms with E-state index in [9.17, 15) is 0 Å². The Bertz CT molecular complexity index is 476. The van der Waals surface area contributed by atoms with Crippen molar-refractivity contribution in [3.63, 3.8) is 0 Å². The van der Waals surface area contributed by atoms with Crippen molar-refractivity contribution in [2.45, 2.75) is 6.92 Å². The predicted octanol–water partition coefficient (Wildman–Crippen LogP) is 0.205. The van der Waals surface area contributed by atoms with Crippen molar-refractivity contribution in [1.82, 2.24) is 5.32 Å². The molecule has 1 aliphatic heterocycles. The summed E-state index contributed by atoms with van der Waals surface area (Å²) in [5, 5.41) is 7.08. The van der Waals surface area contributed by atoms with E-state index in [0.29, 0.717) is 5.11 Å². The number of morpholine rings is 1. The molecule has 2 rings (SSSR count). The van der Waals surface area contributed by atoms with Gasteiger partial charge in [0, 0.05) is 0 Å². The van der Waals surface area contributed by atoms with Crippen molar-refractivity contribution in [3.8, 4) is 5.75 Å². The number of thiocarbonyl (C=S) groups is 1. The Morgan fingerprint density at radius 3 is 2.86 bits per heavy atom. The molecule has 3 N–H and O–H groups in total. The van der Waals surface area contributed by atoms with Crippen LogP contribution in [0.5, 0.6) is 5.75 Å². The monoisotopic (exact) mass is 310 g/mol. The number of benzene rings is 1. The van der Waals surface area contributed by atoms with Gasteiger partial charge in [-0.15, -0.1) is 0 Å². The molecule has 0 bridgehead atoms. The molecule has 0 aliphatic carbocycles. The summed E-state index contributed by atoms with van der Waals surface area (Å²) in [5.74, 6) is 0.795. The van der Waals surface area contributed by atoms with Gasteiger partial charge in [-0.05, 0) is 36.8 Å². The molecule has 1 fully saturated rings. The molecule has 0 saturated carbocycles. The van der Waals surface area contributed by atoms with Gasteiger partial charge in [0.05, 0.1) is 39.1 Å². The second-order valence-corrected chi connectivity index (χ2v) is 5.61. The molecule has 5 nitrogen and oxygen atoms in total. The largest absolute Gasteiger partial charge is 0.495 e. The van der Waals surface area contributed by atoms with Crippen molar-refractivity contribution in [3.05, 3.63) is 23.8 Å². The smallest absolute Gasteiger partial charge is 0.171 e. The van der Waals surface area contributed by atoms with E-state index in [4.69, 9.17) is 21.7 Å². The zero-order valence-corrected chi connectivity index (χ0v) is 13.5. The molecular weight excluding hydrogens is 286 g/mol. The summed E-state index contributed by atoms with van der Waals surface area (Å²) in [7, 11) is 1.66. The molecule has 0 radical (unpaired) electrons. The molecule has 6 heteroatoms. The highest BCUT2D eigenvalue weighted by Gasteiger charge is 2.13. The minimum absolute atomic E-state index is 0.631. The molecule has 0 unspecified atom stereocenters. The number of rotatable bonds is 5. The van der Waals surface area contributed by atoms with E-state index in [2.05, 4.69) is 10.6 Å². The van der Waals surface area contributed by atoms with Gasteiger partial charge >= 0.3 is 0 Å². The van der Waals surface area contributed by atoms with Gasteiger partial charge in [0.1, 0.15) is 18.8 Å². The topological polar surface area (TPSA) is 47.0 Å². The summed E-state index contributed by atoms with van der Waals surface area (Å²) in [4.78, 5) is 1.56. The molecule has 0 aromatic heterocycles. The fraction of sp³-hybridized carbons (Fsp3) is 0.533. The minimum Gasteiger partial charge on any atom is -0.495 e. The maximum atomic E-state index is 5.35. The van der Waals surface area contributed by atoms with Gasteiger partial charge in [-0.1, -0.05) is 6.07 Å². The normalized spacial score (nSPS) is 15.5. The third kappa shape index (κ3) is 5.15. The van der Waals surface area contributed by atoms with E-state index in [0.717, 1.165) is 50.8 Å². The number of hydrogen-bond donors (Lipinski definition) is 3. The quantitative estimate of drug-likeness (QED) is 0.679. The van der Waals surface area contributed by atoms with Gasteiger partial charge in [0.15, 0.2) is 5.11 Å².